The minimum Gasteiger partial charge on any atom is -0.497 e. The molecule has 29 heavy (non-hydrogen) atoms. The van der Waals surface area contributed by atoms with Gasteiger partial charge in [-0.25, -0.2) is 4.90 Å². The number of hydrogen-bond acceptors (Lipinski definition) is 7. The largest absolute Gasteiger partial charge is 0.497 e. The summed E-state index contributed by atoms with van der Waals surface area (Å²) >= 11 is 6.04. The SMILES string of the molecule is COc1ccc(N2C(=O)[C@@H]3N=NN(CC(=O)Nc4ccccc4Cl)[C@H]3C2=O)cc1. The van der Waals surface area contributed by atoms with Crippen molar-refractivity contribution in [3.63, 3.8) is 0 Å². The minimum absolute atomic E-state index is 0.245. The molecule has 1 saturated heterocycles. The number of imide groups is 1. The number of rotatable bonds is 5. The zero-order valence-electron chi connectivity index (χ0n) is 15.3. The first-order chi connectivity index (χ1) is 14.0. The van der Waals surface area contributed by atoms with Gasteiger partial charge in [-0.2, -0.15) is 5.11 Å². The number of carbonyl (C=O) groups excluding carboxylic acids is 3. The molecule has 4 rings (SSSR count). The van der Waals surface area contributed by atoms with Gasteiger partial charge in [-0.05, 0) is 36.4 Å². The van der Waals surface area contributed by atoms with Crippen molar-refractivity contribution in [2.45, 2.75) is 12.1 Å². The maximum absolute atomic E-state index is 12.9. The summed E-state index contributed by atoms with van der Waals surface area (Å²) in [5.74, 6) is -0.796. The molecule has 2 aliphatic heterocycles. The summed E-state index contributed by atoms with van der Waals surface area (Å²) < 4.78 is 5.09. The van der Waals surface area contributed by atoms with Crippen LogP contribution in [0, 0.1) is 0 Å². The van der Waals surface area contributed by atoms with Crippen LogP contribution >= 0.6 is 11.6 Å². The molecule has 0 radical (unpaired) electrons. The van der Waals surface area contributed by atoms with E-state index in [0.29, 0.717) is 22.1 Å². The van der Waals surface area contributed by atoms with E-state index in [1.165, 1.54) is 12.1 Å². The number of halogens is 1. The number of para-hydroxylation sites is 1. The van der Waals surface area contributed by atoms with Gasteiger partial charge in [-0.1, -0.05) is 29.0 Å². The van der Waals surface area contributed by atoms with Crippen molar-refractivity contribution < 1.29 is 19.1 Å². The van der Waals surface area contributed by atoms with Crippen LogP contribution in [-0.4, -0.2) is 48.5 Å². The predicted molar refractivity (Wildman–Crippen MR) is 105 cm³/mol. The fourth-order valence-corrected chi connectivity index (χ4v) is 3.42. The lowest BCUT2D eigenvalue weighted by Crippen LogP contribution is -2.43. The Morgan fingerprint density at radius 1 is 1.14 bits per heavy atom. The highest BCUT2D eigenvalue weighted by Crippen LogP contribution is 2.32. The summed E-state index contributed by atoms with van der Waals surface area (Å²) in [6.07, 6.45) is 0. The van der Waals surface area contributed by atoms with Crippen molar-refractivity contribution in [2.75, 3.05) is 23.9 Å². The second-order valence-corrected chi connectivity index (χ2v) is 6.84. The third-order valence-electron chi connectivity index (χ3n) is 4.64. The van der Waals surface area contributed by atoms with Crippen molar-refractivity contribution in [1.82, 2.24) is 5.01 Å². The van der Waals surface area contributed by atoms with Crippen LogP contribution in [0.2, 0.25) is 5.02 Å². The monoisotopic (exact) mass is 413 g/mol. The Morgan fingerprint density at radius 2 is 1.86 bits per heavy atom. The Labute approximate surface area is 170 Å². The van der Waals surface area contributed by atoms with Crippen LogP contribution in [0.3, 0.4) is 0 Å². The molecule has 2 heterocycles. The summed E-state index contributed by atoms with van der Waals surface area (Å²) in [6.45, 7) is -0.245. The fourth-order valence-electron chi connectivity index (χ4n) is 3.24. The van der Waals surface area contributed by atoms with Crippen molar-refractivity contribution in [3.8, 4) is 5.75 Å². The van der Waals surface area contributed by atoms with Gasteiger partial charge in [-0.15, -0.1) is 0 Å². The van der Waals surface area contributed by atoms with Gasteiger partial charge in [0.05, 0.1) is 23.5 Å². The number of benzene rings is 2. The van der Waals surface area contributed by atoms with E-state index in [4.69, 9.17) is 16.3 Å². The second-order valence-electron chi connectivity index (χ2n) is 6.43. The molecule has 148 valence electrons. The first-order valence-corrected chi connectivity index (χ1v) is 9.11. The smallest absolute Gasteiger partial charge is 0.263 e. The number of fused-ring (bicyclic) bond motifs is 1. The van der Waals surface area contributed by atoms with E-state index >= 15 is 0 Å². The lowest BCUT2D eigenvalue weighted by Gasteiger charge is -2.20. The molecule has 1 fully saturated rings. The fraction of sp³-hybridized carbons (Fsp3) is 0.211. The third kappa shape index (κ3) is 3.40. The van der Waals surface area contributed by atoms with Gasteiger partial charge in [0, 0.05) is 0 Å². The van der Waals surface area contributed by atoms with E-state index in [-0.39, 0.29) is 6.54 Å². The van der Waals surface area contributed by atoms with Crippen LogP contribution < -0.4 is 15.0 Å². The third-order valence-corrected chi connectivity index (χ3v) is 4.97. The van der Waals surface area contributed by atoms with Crippen molar-refractivity contribution >= 4 is 40.7 Å². The molecule has 0 spiro atoms. The lowest BCUT2D eigenvalue weighted by atomic mass is 10.1. The number of nitrogens with zero attached hydrogens (tertiary/aromatic N) is 4. The van der Waals surface area contributed by atoms with Crippen LogP contribution in [0.4, 0.5) is 11.4 Å². The van der Waals surface area contributed by atoms with Gasteiger partial charge >= 0.3 is 0 Å². The number of methoxy groups -OCH3 is 1. The van der Waals surface area contributed by atoms with Crippen LogP contribution in [0.15, 0.2) is 58.9 Å². The molecule has 9 nitrogen and oxygen atoms in total. The normalized spacial score (nSPS) is 20.2. The number of amides is 3. The van der Waals surface area contributed by atoms with E-state index in [2.05, 4.69) is 15.7 Å². The quantitative estimate of drug-likeness (QED) is 0.757. The van der Waals surface area contributed by atoms with Crippen LogP contribution in [0.25, 0.3) is 0 Å². The zero-order chi connectivity index (χ0) is 20.5. The van der Waals surface area contributed by atoms with E-state index in [1.54, 1.807) is 48.5 Å². The molecule has 2 aromatic carbocycles. The molecular weight excluding hydrogens is 398 g/mol. The highest BCUT2D eigenvalue weighted by atomic mass is 35.5. The number of hydrogen-bond donors (Lipinski definition) is 1. The average molecular weight is 414 g/mol. The molecular formula is C19H16ClN5O4. The Bertz CT molecular complexity index is 1010. The lowest BCUT2D eigenvalue weighted by molar-refractivity contribution is -0.123. The summed E-state index contributed by atoms with van der Waals surface area (Å²) in [4.78, 5) is 39.1. The summed E-state index contributed by atoms with van der Waals surface area (Å²) in [5.41, 5.74) is 0.853. The first-order valence-electron chi connectivity index (χ1n) is 8.73. The van der Waals surface area contributed by atoms with E-state index in [0.717, 1.165) is 4.90 Å². The van der Waals surface area contributed by atoms with E-state index in [1.807, 2.05) is 0 Å². The summed E-state index contributed by atoms with van der Waals surface area (Å²) in [5, 5.41) is 12.0. The van der Waals surface area contributed by atoms with Crippen molar-refractivity contribution in [3.05, 3.63) is 53.6 Å². The second kappa shape index (κ2) is 7.51. The van der Waals surface area contributed by atoms with E-state index in [9.17, 15) is 14.4 Å². The maximum atomic E-state index is 12.9. The molecule has 0 saturated carbocycles. The highest BCUT2D eigenvalue weighted by Gasteiger charge is 2.55. The number of anilines is 2. The Kier molecular flexibility index (Phi) is 4.89. The summed E-state index contributed by atoms with van der Waals surface area (Å²) in [6, 6.07) is 11.4. The van der Waals surface area contributed by atoms with Gasteiger partial charge in [0.1, 0.15) is 12.3 Å². The Hall–Kier alpha value is -3.46. The van der Waals surface area contributed by atoms with Crippen LogP contribution in [0.5, 0.6) is 5.75 Å². The number of nitrogens with one attached hydrogen (secondary N) is 1. The van der Waals surface area contributed by atoms with Gasteiger partial charge < -0.3 is 10.1 Å². The molecule has 1 N–H and O–H groups in total. The van der Waals surface area contributed by atoms with E-state index < -0.39 is 29.8 Å². The molecule has 0 aromatic heterocycles. The van der Waals surface area contributed by atoms with Crippen LogP contribution in [0.1, 0.15) is 0 Å². The average Bonchev–Trinajstić information content (AvgIpc) is 3.23. The Morgan fingerprint density at radius 3 is 2.55 bits per heavy atom. The van der Waals surface area contributed by atoms with Crippen molar-refractivity contribution in [1.29, 1.82) is 0 Å². The highest BCUT2D eigenvalue weighted by molar-refractivity contribution is 6.33. The van der Waals surface area contributed by atoms with Crippen LogP contribution in [-0.2, 0) is 14.4 Å². The van der Waals surface area contributed by atoms with Crippen molar-refractivity contribution in [2.24, 2.45) is 10.3 Å². The molecule has 0 aliphatic carbocycles. The van der Waals surface area contributed by atoms with Gasteiger partial charge in [0.25, 0.3) is 11.8 Å². The molecule has 0 bridgehead atoms. The minimum atomic E-state index is -0.974. The number of ether oxygens (including phenoxy) is 1. The molecule has 2 aliphatic rings. The molecule has 2 aromatic rings. The molecule has 2 atom stereocenters. The summed E-state index contributed by atoms with van der Waals surface area (Å²) in [7, 11) is 1.53. The maximum Gasteiger partial charge on any atom is 0.263 e. The molecule has 10 heteroatoms. The molecule has 0 unspecified atom stereocenters. The predicted octanol–water partition coefficient (Wildman–Crippen LogP) is 2.28. The number of carbonyl (C=O) groups is 3. The molecule has 3 amide bonds. The standard InChI is InChI=1S/C19H16ClN5O4/c1-29-12-8-6-11(7-9-12)25-18(27)16-17(19(25)28)24(23-22-16)10-15(26)21-14-5-3-2-4-13(14)20/h2-9,16-17H,10H2,1H3,(H,21,26)/t16-,17-/m1/s1. The zero-order valence-corrected chi connectivity index (χ0v) is 16.0. The Balaban J connectivity index is 1.49. The van der Waals surface area contributed by atoms with Gasteiger partial charge in [0.15, 0.2) is 12.1 Å². The van der Waals surface area contributed by atoms with Gasteiger partial charge in [-0.3, -0.25) is 19.4 Å². The van der Waals surface area contributed by atoms with Gasteiger partial charge in [0.2, 0.25) is 5.91 Å². The topological polar surface area (TPSA) is 104 Å². The first kappa shape index (κ1) is 18.9.